The van der Waals surface area contributed by atoms with Crippen LogP contribution in [0.3, 0.4) is 0 Å². The van der Waals surface area contributed by atoms with Gasteiger partial charge >= 0.3 is 0 Å². The zero-order chi connectivity index (χ0) is 23.9. The van der Waals surface area contributed by atoms with Gasteiger partial charge in [0.15, 0.2) is 5.65 Å². The van der Waals surface area contributed by atoms with Gasteiger partial charge in [0, 0.05) is 35.7 Å². The number of fused-ring (bicyclic) bond motifs is 1. The summed E-state index contributed by atoms with van der Waals surface area (Å²) >= 11 is 0. The van der Waals surface area contributed by atoms with Crippen molar-refractivity contribution in [3.63, 3.8) is 0 Å². The minimum Gasteiger partial charge on any atom is -0.310 e. The number of piperidine rings is 1. The number of nitrogens with one attached hydrogen (secondary N) is 1. The van der Waals surface area contributed by atoms with E-state index in [0.717, 1.165) is 23.2 Å². The Balaban J connectivity index is 1.49. The fourth-order valence-corrected chi connectivity index (χ4v) is 5.87. The van der Waals surface area contributed by atoms with Crippen LogP contribution < -0.4 is 5.32 Å². The Kier molecular flexibility index (Phi) is 5.62. The second-order valence-electron chi connectivity index (χ2n) is 8.51. The number of nitrogens with zero attached hydrogens (tertiary/aromatic N) is 4. The average molecular weight is 478 g/mol. The van der Waals surface area contributed by atoms with Crippen LogP contribution in [-0.4, -0.2) is 33.8 Å². The summed E-state index contributed by atoms with van der Waals surface area (Å²) in [6.07, 6.45) is 4.43. The molecule has 2 aromatic heterocycles. The normalized spacial score (nSPS) is 18.7. The van der Waals surface area contributed by atoms with Crippen molar-refractivity contribution in [3.8, 4) is 0 Å². The fourth-order valence-electron chi connectivity index (χ4n) is 4.57. The molecule has 0 radical (unpaired) electrons. The molecule has 1 aliphatic heterocycles. The fraction of sp³-hybridized carbons (Fsp3) is 0.250. The lowest BCUT2D eigenvalue weighted by Crippen LogP contribution is -2.31. The molecule has 1 fully saturated rings. The van der Waals surface area contributed by atoms with E-state index in [1.54, 1.807) is 42.5 Å². The maximum Gasteiger partial charge on any atom is 0.269 e. The third-order valence-corrected chi connectivity index (χ3v) is 8.01. The molecule has 9 nitrogen and oxygen atoms in total. The van der Waals surface area contributed by atoms with Crippen molar-refractivity contribution in [1.29, 1.82) is 0 Å². The predicted molar refractivity (Wildman–Crippen MR) is 127 cm³/mol. The molecular weight excluding hydrogens is 454 g/mol. The largest absolute Gasteiger partial charge is 0.310 e. The molecule has 4 aromatic rings. The molecule has 10 heteroatoms. The molecule has 0 spiro atoms. The summed E-state index contributed by atoms with van der Waals surface area (Å²) in [5.74, 6) is 0.0499. The molecule has 1 N–H and O–H groups in total. The summed E-state index contributed by atoms with van der Waals surface area (Å²) in [5, 5.41) is 15.3. The maximum absolute atomic E-state index is 13.3. The van der Waals surface area contributed by atoms with Crippen LogP contribution >= 0.6 is 0 Å². The lowest BCUT2D eigenvalue weighted by molar-refractivity contribution is -0.384. The van der Waals surface area contributed by atoms with Crippen molar-refractivity contribution in [2.24, 2.45) is 0 Å². The minimum absolute atomic E-state index is 0.0499. The van der Waals surface area contributed by atoms with Gasteiger partial charge in [-0.3, -0.25) is 10.1 Å². The van der Waals surface area contributed by atoms with Gasteiger partial charge in [-0.25, -0.2) is 22.4 Å². The SMILES string of the molecule is Cc1ccc(S(=O)(=O)n2ccc3c(C4CCNC(c5cccc([N+](=O)[O-])c5)C4)ncnc32)cc1. The highest BCUT2D eigenvalue weighted by atomic mass is 32.2. The molecule has 34 heavy (non-hydrogen) atoms. The molecule has 5 rings (SSSR count). The van der Waals surface area contributed by atoms with Crippen molar-refractivity contribution in [2.45, 2.75) is 36.6 Å². The van der Waals surface area contributed by atoms with Crippen LogP contribution in [-0.2, 0) is 10.0 Å². The van der Waals surface area contributed by atoms with E-state index in [1.807, 2.05) is 13.0 Å². The van der Waals surface area contributed by atoms with Crippen molar-refractivity contribution in [1.82, 2.24) is 19.3 Å². The summed E-state index contributed by atoms with van der Waals surface area (Å²) < 4.78 is 27.7. The molecule has 174 valence electrons. The zero-order valence-electron chi connectivity index (χ0n) is 18.5. The van der Waals surface area contributed by atoms with E-state index in [9.17, 15) is 18.5 Å². The van der Waals surface area contributed by atoms with Crippen LogP contribution in [0, 0.1) is 17.0 Å². The number of hydrogen-bond acceptors (Lipinski definition) is 7. The minimum atomic E-state index is -3.80. The summed E-state index contributed by atoms with van der Waals surface area (Å²) in [6.45, 7) is 2.62. The Hall–Kier alpha value is -3.63. The van der Waals surface area contributed by atoms with E-state index in [1.165, 1.54) is 22.6 Å². The van der Waals surface area contributed by atoms with Crippen molar-refractivity contribution >= 4 is 26.7 Å². The molecule has 0 bridgehead atoms. The summed E-state index contributed by atoms with van der Waals surface area (Å²) in [5.41, 5.74) is 3.02. The number of rotatable bonds is 5. The molecular formula is C24H23N5O4S. The molecule has 0 saturated carbocycles. The highest BCUT2D eigenvalue weighted by Gasteiger charge is 2.29. The van der Waals surface area contributed by atoms with E-state index in [-0.39, 0.29) is 22.5 Å². The first-order valence-corrected chi connectivity index (χ1v) is 12.4. The van der Waals surface area contributed by atoms with Crippen LogP contribution in [0.4, 0.5) is 5.69 Å². The average Bonchev–Trinajstić information content (AvgIpc) is 3.30. The van der Waals surface area contributed by atoms with Gasteiger partial charge in [-0.15, -0.1) is 0 Å². The number of aromatic nitrogens is 3. The molecule has 2 atom stereocenters. The molecule has 1 aliphatic rings. The Morgan fingerprint density at radius 3 is 2.68 bits per heavy atom. The van der Waals surface area contributed by atoms with Gasteiger partial charge in [0.2, 0.25) is 0 Å². The number of hydrogen-bond donors (Lipinski definition) is 1. The Bertz CT molecular complexity index is 1480. The van der Waals surface area contributed by atoms with Gasteiger partial charge in [-0.1, -0.05) is 29.8 Å². The van der Waals surface area contributed by atoms with Crippen molar-refractivity contribution < 1.29 is 13.3 Å². The van der Waals surface area contributed by atoms with E-state index < -0.39 is 14.9 Å². The van der Waals surface area contributed by atoms with Crippen LogP contribution in [0.1, 0.15) is 41.6 Å². The highest BCUT2D eigenvalue weighted by Crippen LogP contribution is 2.37. The van der Waals surface area contributed by atoms with E-state index in [4.69, 9.17) is 0 Å². The van der Waals surface area contributed by atoms with Gasteiger partial charge in [0.1, 0.15) is 6.33 Å². The van der Waals surface area contributed by atoms with Gasteiger partial charge in [-0.2, -0.15) is 0 Å². The van der Waals surface area contributed by atoms with Gasteiger partial charge in [0.05, 0.1) is 15.5 Å². The van der Waals surface area contributed by atoms with E-state index in [2.05, 4.69) is 15.3 Å². The second kappa shape index (κ2) is 8.62. The molecule has 1 saturated heterocycles. The lowest BCUT2D eigenvalue weighted by Gasteiger charge is -2.30. The van der Waals surface area contributed by atoms with Gasteiger partial charge < -0.3 is 5.32 Å². The summed E-state index contributed by atoms with van der Waals surface area (Å²) in [7, 11) is -3.80. The number of non-ortho nitro benzene ring substituents is 1. The van der Waals surface area contributed by atoms with E-state index >= 15 is 0 Å². The molecule has 0 amide bonds. The number of nitro benzene ring substituents is 1. The number of aryl methyl sites for hydroxylation is 1. The summed E-state index contributed by atoms with van der Waals surface area (Å²) in [4.78, 5) is 19.8. The number of benzene rings is 2. The molecule has 0 aliphatic carbocycles. The smallest absolute Gasteiger partial charge is 0.269 e. The predicted octanol–water partition coefficient (Wildman–Crippen LogP) is 4.09. The topological polar surface area (TPSA) is 120 Å². The van der Waals surface area contributed by atoms with Crippen LogP contribution in [0.25, 0.3) is 11.0 Å². The van der Waals surface area contributed by atoms with Crippen LogP contribution in [0.2, 0.25) is 0 Å². The third-order valence-electron chi connectivity index (χ3n) is 6.33. The zero-order valence-corrected chi connectivity index (χ0v) is 19.3. The molecule has 2 unspecified atom stereocenters. The number of nitro groups is 1. The standard InChI is InChI=1S/C24H23N5O4S/c1-16-5-7-20(8-6-16)34(32,33)28-12-10-21-23(26-15-27-24(21)28)18-9-11-25-22(14-18)17-3-2-4-19(13-17)29(30)31/h2-8,10,12-13,15,18,22,25H,9,11,14H2,1H3. The lowest BCUT2D eigenvalue weighted by atomic mass is 9.85. The van der Waals surface area contributed by atoms with Gasteiger partial charge in [0.25, 0.3) is 15.7 Å². The monoisotopic (exact) mass is 477 g/mol. The second-order valence-corrected chi connectivity index (χ2v) is 10.3. The Morgan fingerprint density at radius 1 is 1.12 bits per heavy atom. The van der Waals surface area contributed by atoms with Gasteiger partial charge in [-0.05, 0) is 50.1 Å². The quantitative estimate of drug-likeness (QED) is 0.339. The Labute approximate surface area is 196 Å². The first kappa shape index (κ1) is 22.2. The maximum atomic E-state index is 13.3. The summed E-state index contributed by atoms with van der Waals surface area (Å²) in [6, 6.07) is 15.1. The first-order valence-electron chi connectivity index (χ1n) is 11.0. The highest BCUT2D eigenvalue weighted by molar-refractivity contribution is 7.90. The van der Waals surface area contributed by atoms with Crippen molar-refractivity contribution in [2.75, 3.05) is 6.54 Å². The third kappa shape index (κ3) is 3.95. The van der Waals surface area contributed by atoms with Crippen LogP contribution in [0.5, 0.6) is 0 Å². The van der Waals surface area contributed by atoms with Crippen LogP contribution in [0.15, 0.2) is 72.0 Å². The van der Waals surface area contributed by atoms with Crippen molar-refractivity contribution in [3.05, 3.63) is 94.1 Å². The molecule has 2 aromatic carbocycles. The van der Waals surface area contributed by atoms with E-state index in [0.29, 0.717) is 24.0 Å². The Morgan fingerprint density at radius 2 is 1.91 bits per heavy atom. The molecule has 3 heterocycles. The first-order chi connectivity index (χ1) is 16.3.